The van der Waals surface area contributed by atoms with Crippen molar-refractivity contribution < 1.29 is 10.9 Å². The highest BCUT2D eigenvalue weighted by molar-refractivity contribution is 6.25. The molecule has 0 aromatic carbocycles. The highest BCUT2D eigenvalue weighted by Gasteiger charge is 2.48. The summed E-state index contributed by atoms with van der Waals surface area (Å²) in [6.07, 6.45) is -0.473. The average molecular weight is 171 g/mol. The predicted octanol–water partition coefficient (Wildman–Crippen LogP) is 0.412. The van der Waals surface area contributed by atoms with Gasteiger partial charge in [-0.1, -0.05) is 13.8 Å². The molecule has 0 fully saturated rings. The number of hydrogen-bond acceptors (Lipinski definition) is 2. The Kier molecular flexibility index (Phi) is 1.56. The van der Waals surface area contributed by atoms with Crippen LogP contribution >= 0.6 is 0 Å². The quantitative estimate of drug-likeness (QED) is 0.424. The molecule has 0 radical (unpaired) electrons. The first-order chi connectivity index (χ1) is 5.83. The molecule has 1 aliphatic rings. The summed E-state index contributed by atoms with van der Waals surface area (Å²) in [4.78, 5) is 12.6. The van der Waals surface area contributed by atoms with E-state index < -0.39 is 17.8 Å². The molecular weight excluding hydrogens is 156 g/mol. The van der Waals surface area contributed by atoms with Crippen LogP contribution < -0.4 is 0 Å². The van der Waals surface area contributed by atoms with Crippen molar-refractivity contribution in [3.8, 4) is 0 Å². The van der Waals surface area contributed by atoms with Gasteiger partial charge in [-0.25, -0.2) is 0 Å². The van der Waals surface area contributed by atoms with E-state index in [9.17, 15) is 10.0 Å². The molecule has 1 rings (SSSR count). The maximum Gasteiger partial charge on any atom is 0.316 e. The van der Waals surface area contributed by atoms with Gasteiger partial charge in [0, 0.05) is 19.9 Å². The SMILES string of the molecule is [2H]C1=[N+]([O-])C(C)(C(C)C)N(C)C1=O. The lowest BCUT2D eigenvalue weighted by atomic mass is 9.98. The molecule has 0 aromatic heterocycles. The summed E-state index contributed by atoms with van der Waals surface area (Å²) in [6.45, 7) is 5.38. The van der Waals surface area contributed by atoms with Crippen molar-refractivity contribution in [2.75, 3.05) is 7.05 Å². The summed E-state index contributed by atoms with van der Waals surface area (Å²) in [5.41, 5.74) is -0.909. The fraction of sp³-hybridized carbons (Fsp3) is 0.750. The van der Waals surface area contributed by atoms with Gasteiger partial charge in [0.1, 0.15) is 1.37 Å². The maximum absolute atomic E-state index is 11.5. The van der Waals surface area contributed by atoms with Gasteiger partial charge in [-0.05, 0) is 0 Å². The number of hydroxylamine groups is 1. The van der Waals surface area contributed by atoms with E-state index in [2.05, 4.69) is 0 Å². The third-order valence-corrected chi connectivity index (χ3v) is 2.69. The van der Waals surface area contributed by atoms with Gasteiger partial charge < -0.3 is 5.21 Å². The molecule has 0 N–H and O–H groups in total. The lowest BCUT2D eigenvalue weighted by Crippen LogP contribution is -2.51. The van der Waals surface area contributed by atoms with E-state index in [1.165, 1.54) is 4.90 Å². The van der Waals surface area contributed by atoms with Crippen LogP contribution in [-0.2, 0) is 4.79 Å². The topological polar surface area (TPSA) is 46.4 Å². The minimum atomic E-state index is -0.909. The predicted molar refractivity (Wildman–Crippen MR) is 45.7 cm³/mol. The van der Waals surface area contributed by atoms with Crippen molar-refractivity contribution in [1.82, 2.24) is 4.90 Å². The zero-order valence-corrected chi connectivity index (χ0v) is 7.79. The molecule has 68 valence electrons. The molecule has 4 nitrogen and oxygen atoms in total. The van der Waals surface area contributed by atoms with Crippen LogP contribution in [0.2, 0.25) is 0 Å². The number of amides is 1. The van der Waals surface area contributed by atoms with Crippen molar-refractivity contribution in [3.63, 3.8) is 0 Å². The fourth-order valence-corrected chi connectivity index (χ4v) is 1.24. The molecule has 4 heteroatoms. The van der Waals surface area contributed by atoms with Crippen molar-refractivity contribution in [2.45, 2.75) is 26.4 Å². The van der Waals surface area contributed by atoms with Gasteiger partial charge >= 0.3 is 5.91 Å². The van der Waals surface area contributed by atoms with Gasteiger partial charge in [0.25, 0.3) is 0 Å². The normalized spacial score (nSPS) is 31.9. The summed E-state index contributed by atoms with van der Waals surface area (Å²) >= 11 is 0. The Hall–Kier alpha value is -1.06. The lowest BCUT2D eigenvalue weighted by molar-refractivity contribution is -0.567. The van der Waals surface area contributed by atoms with Gasteiger partial charge in [-0.2, -0.15) is 4.74 Å². The van der Waals surface area contributed by atoms with Crippen LogP contribution in [0, 0.1) is 11.1 Å². The zero-order valence-electron chi connectivity index (χ0n) is 8.79. The van der Waals surface area contributed by atoms with Crippen LogP contribution in [0.15, 0.2) is 0 Å². The smallest absolute Gasteiger partial charge is 0.316 e. The van der Waals surface area contributed by atoms with Gasteiger partial charge in [0.2, 0.25) is 11.9 Å². The largest absolute Gasteiger partial charge is 0.622 e. The van der Waals surface area contributed by atoms with Crippen LogP contribution in [0.4, 0.5) is 0 Å². The van der Waals surface area contributed by atoms with Crippen molar-refractivity contribution in [3.05, 3.63) is 5.21 Å². The molecular formula is C8H14N2O2. The maximum atomic E-state index is 11.5. The Morgan fingerprint density at radius 3 is 2.50 bits per heavy atom. The Morgan fingerprint density at radius 2 is 2.33 bits per heavy atom. The summed E-state index contributed by atoms with van der Waals surface area (Å²) < 4.78 is 7.75. The van der Waals surface area contributed by atoms with Crippen molar-refractivity contribution in [2.24, 2.45) is 5.92 Å². The van der Waals surface area contributed by atoms with Crippen LogP contribution in [0.1, 0.15) is 22.1 Å². The third-order valence-electron chi connectivity index (χ3n) is 2.69. The average Bonchev–Trinajstić information content (AvgIpc) is 2.22. The van der Waals surface area contributed by atoms with Crippen LogP contribution in [0.25, 0.3) is 0 Å². The number of hydrogen-bond donors (Lipinski definition) is 0. The zero-order chi connectivity index (χ0) is 10.4. The summed E-state index contributed by atoms with van der Waals surface area (Å²) in [5.74, 6) is -0.520. The number of nitrogens with zero attached hydrogens (tertiary/aromatic N) is 2. The first kappa shape index (κ1) is 7.58. The fourth-order valence-electron chi connectivity index (χ4n) is 1.24. The van der Waals surface area contributed by atoms with Gasteiger partial charge in [-0.3, -0.25) is 9.69 Å². The van der Waals surface area contributed by atoms with E-state index in [4.69, 9.17) is 1.37 Å². The van der Waals surface area contributed by atoms with Gasteiger partial charge in [-0.15, -0.1) is 0 Å². The Bertz CT molecular complexity index is 288. The van der Waals surface area contributed by atoms with Gasteiger partial charge in [0.15, 0.2) is 0 Å². The molecule has 0 bridgehead atoms. The highest BCUT2D eigenvalue weighted by Crippen LogP contribution is 2.26. The highest BCUT2D eigenvalue weighted by atomic mass is 16.5. The second-order valence-corrected chi connectivity index (χ2v) is 3.52. The van der Waals surface area contributed by atoms with Crippen molar-refractivity contribution >= 4 is 12.1 Å². The number of carbonyl (C=O) groups excluding carboxylic acids is 1. The first-order valence-corrected chi connectivity index (χ1v) is 3.92. The minimum Gasteiger partial charge on any atom is -0.622 e. The van der Waals surface area contributed by atoms with E-state index in [1.807, 2.05) is 13.8 Å². The minimum absolute atomic E-state index is 0.0122. The molecule has 1 amide bonds. The Morgan fingerprint density at radius 1 is 1.83 bits per heavy atom. The van der Waals surface area contributed by atoms with E-state index in [0.717, 1.165) is 0 Å². The summed E-state index contributed by atoms with van der Waals surface area (Å²) in [6, 6.07) is 0. The molecule has 12 heavy (non-hydrogen) atoms. The molecule has 1 aliphatic heterocycles. The molecule has 0 saturated carbocycles. The Labute approximate surface area is 73.5 Å². The van der Waals surface area contributed by atoms with E-state index in [-0.39, 0.29) is 5.92 Å². The molecule has 0 aromatic rings. The number of carbonyl (C=O) groups is 1. The van der Waals surface area contributed by atoms with E-state index in [0.29, 0.717) is 4.74 Å². The molecule has 1 unspecified atom stereocenters. The van der Waals surface area contributed by atoms with Gasteiger partial charge in [0.05, 0.1) is 0 Å². The molecule has 1 atom stereocenters. The van der Waals surface area contributed by atoms with Crippen LogP contribution in [-0.4, -0.2) is 34.4 Å². The van der Waals surface area contributed by atoms with Crippen molar-refractivity contribution in [1.29, 1.82) is 0 Å². The molecule has 0 saturated heterocycles. The van der Waals surface area contributed by atoms with Crippen LogP contribution in [0.3, 0.4) is 0 Å². The number of rotatable bonds is 1. The van der Waals surface area contributed by atoms with Crippen LogP contribution in [0.5, 0.6) is 0 Å². The Balaban J connectivity index is 3.22. The summed E-state index contributed by atoms with van der Waals surface area (Å²) in [7, 11) is 1.55. The van der Waals surface area contributed by atoms with E-state index in [1.54, 1.807) is 14.0 Å². The second kappa shape index (κ2) is 2.47. The molecule has 1 heterocycles. The first-order valence-electron chi connectivity index (χ1n) is 4.42. The molecule has 0 aliphatic carbocycles. The lowest BCUT2D eigenvalue weighted by Gasteiger charge is -2.32. The monoisotopic (exact) mass is 171 g/mol. The third kappa shape index (κ3) is 0.906. The standard InChI is InChI=1S/C8H14N2O2/c1-6(2)8(3)9(4)7(11)5-10(8)12/h5-6H,1-4H3/i5D. The second-order valence-electron chi connectivity index (χ2n) is 3.52. The molecule has 0 spiro atoms. The summed E-state index contributed by atoms with van der Waals surface area (Å²) in [5, 5.41) is 11.5. The van der Waals surface area contributed by atoms with E-state index >= 15 is 0 Å².